The third-order valence-electron chi connectivity index (χ3n) is 3.09. The van der Waals surface area contributed by atoms with Gasteiger partial charge in [-0.05, 0) is 32.3 Å². The summed E-state index contributed by atoms with van der Waals surface area (Å²) in [7, 11) is 1.34. The fourth-order valence-corrected chi connectivity index (χ4v) is 1.71. The molecule has 94 valence electrons. The van der Waals surface area contributed by atoms with Crippen LogP contribution in [0.1, 0.15) is 25.8 Å². The number of carbonyl (C=O) groups is 1. The first-order chi connectivity index (χ1) is 7.98. The molecule has 0 heterocycles. The lowest BCUT2D eigenvalue weighted by Crippen LogP contribution is -2.38. The molecule has 0 saturated heterocycles. The number of aliphatic hydroxyl groups is 1. The number of methoxy groups -OCH3 is 1. The van der Waals surface area contributed by atoms with Gasteiger partial charge in [0.2, 0.25) is 0 Å². The van der Waals surface area contributed by atoms with Crippen LogP contribution in [0.4, 0.5) is 0 Å². The molecule has 0 saturated carbocycles. The molecule has 0 radical (unpaired) electrons. The fraction of sp³-hybridized carbons (Fsp3) is 0.500. The number of hydrogen-bond donors (Lipinski definition) is 1. The van der Waals surface area contributed by atoms with E-state index in [1.54, 1.807) is 13.8 Å². The molecule has 17 heavy (non-hydrogen) atoms. The molecule has 0 bridgehead atoms. The largest absolute Gasteiger partial charge is 0.469 e. The maximum atomic E-state index is 11.5. The molecule has 1 rings (SSSR count). The van der Waals surface area contributed by atoms with E-state index in [0.717, 1.165) is 12.0 Å². The number of aryl methyl sites for hydroxylation is 1. The van der Waals surface area contributed by atoms with E-state index in [0.29, 0.717) is 6.42 Å². The molecule has 0 aromatic heterocycles. The van der Waals surface area contributed by atoms with E-state index in [2.05, 4.69) is 4.74 Å². The highest BCUT2D eigenvalue weighted by atomic mass is 16.5. The summed E-state index contributed by atoms with van der Waals surface area (Å²) in [5, 5.41) is 10.0. The second-order valence-corrected chi connectivity index (χ2v) is 4.75. The van der Waals surface area contributed by atoms with Gasteiger partial charge in [-0.15, -0.1) is 0 Å². The van der Waals surface area contributed by atoms with E-state index in [4.69, 9.17) is 0 Å². The van der Waals surface area contributed by atoms with Crippen molar-refractivity contribution in [3.05, 3.63) is 35.9 Å². The van der Waals surface area contributed by atoms with Gasteiger partial charge in [-0.2, -0.15) is 0 Å². The van der Waals surface area contributed by atoms with Gasteiger partial charge >= 0.3 is 5.97 Å². The lowest BCUT2D eigenvalue weighted by molar-refractivity contribution is -0.157. The summed E-state index contributed by atoms with van der Waals surface area (Å²) < 4.78 is 4.69. The number of aliphatic hydroxyl groups excluding tert-OH is 1. The number of benzene rings is 1. The maximum Gasteiger partial charge on any atom is 0.313 e. The Labute approximate surface area is 102 Å². The zero-order valence-electron chi connectivity index (χ0n) is 10.6. The highest BCUT2D eigenvalue weighted by Crippen LogP contribution is 2.25. The van der Waals surface area contributed by atoms with Crippen LogP contribution >= 0.6 is 0 Å². The predicted octanol–water partition coefficient (Wildman–Crippen LogP) is 2.18. The van der Waals surface area contributed by atoms with E-state index >= 15 is 0 Å². The Hall–Kier alpha value is -1.35. The Bertz CT molecular complexity index is 357. The van der Waals surface area contributed by atoms with Crippen molar-refractivity contribution < 1.29 is 14.6 Å². The average molecular weight is 236 g/mol. The maximum absolute atomic E-state index is 11.5. The molecule has 0 aliphatic carbocycles. The van der Waals surface area contributed by atoms with Crippen LogP contribution < -0.4 is 0 Å². The Balaban J connectivity index is 2.55. The van der Waals surface area contributed by atoms with E-state index < -0.39 is 11.5 Å². The minimum Gasteiger partial charge on any atom is -0.469 e. The summed E-state index contributed by atoms with van der Waals surface area (Å²) in [6.07, 6.45) is 0.601. The van der Waals surface area contributed by atoms with Gasteiger partial charge in [0.05, 0.1) is 18.6 Å². The van der Waals surface area contributed by atoms with Crippen molar-refractivity contribution in [3.8, 4) is 0 Å². The third-order valence-corrected chi connectivity index (χ3v) is 3.09. The van der Waals surface area contributed by atoms with Gasteiger partial charge in [0.1, 0.15) is 0 Å². The Morgan fingerprint density at radius 1 is 1.35 bits per heavy atom. The smallest absolute Gasteiger partial charge is 0.313 e. The van der Waals surface area contributed by atoms with Crippen LogP contribution in [0.25, 0.3) is 0 Å². The van der Waals surface area contributed by atoms with Crippen molar-refractivity contribution in [2.45, 2.75) is 32.8 Å². The monoisotopic (exact) mass is 236 g/mol. The van der Waals surface area contributed by atoms with Gasteiger partial charge in [0.15, 0.2) is 0 Å². The normalized spacial score (nSPS) is 13.2. The first-order valence-corrected chi connectivity index (χ1v) is 5.79. The number of hydrogen-bond acceptors (Lipinski definition) is 3. The molecule has 1 N–H and O–H groups in total. The Kier molecular flexibility index (Phi) is 4.70. The lowest BCUT2D eigenvalue weighted by atomic mass is 9.83. The van der Waals surface area contributed by atoms with Crippen LogP contribution in [0.3, 0.4) is 0 Å². The van der Waals surface area contributed by atoms with Gasteiger partial charge < -0.3 is 9.84 Å². The molecule has 3 nitrogen and oxygen atoms in total. The summed E-state index contributed by atoms with van der Waals surface area (Å²) in [4.78, 5) is 11.5. The Morgan fingerprint density at radius 3 is 2.47 bits per heavy atom. The summed E-state index contributed by atoms with van der Waals surface area (Å²) in [5.74, 6) is -0.377. The minimum absolute atomic E-state index is 0.377. The predicted molar refractivity (Wildman–Crippen MR) is 66.6 cm³/mol. The topological polar surface area (TPSA) is 46.5 Å². The highest BCUT2D eigenvalue weighted by molar-refractivity contribution is 5.76. The summed E-state index contributed by atoms with van der Waals surface area (Å²) in [5.41, 5.74) is 0.302. The van der Waals surface area contributed by atoms with Crippen molar-refractivity contribution >= 4 is 5.97 Å². The van der Waals surface area contributed by atoms with Crippen molar-refractivity contribution in [2.24, 2.45) is 5.41 Å². The molecule has 0 aliphatic heterocycles. The van der Waals surface area contributed by atoms with E-state index in [-0.39, 0.29) is 5.97 Å². The number of carbonyl (C=O) groups excluding carboxylic acids is 1. The standard InChI is InChI=1S/C14H20O3/c1-14(2,13(16)17-3)12(15)10-9-11-7-5-4-6-8-11/h4-8,12,15H,9-10H2,1-3H3/t12-/m0/s1. The minimum atomic E-state index is -0.858. The van der Waals surface area contributed by atoms with E-state index in [9.17, 15) is 9.90 Å². The molecule has 1 aromatic carbocycles. The molecule has 0 amide bonds. The second kappa shape index (κ2) is 5.82. The first-order valence-electron chi connectivity index (χ1n) is 5.79. The molecule has 3 heteroatoms. The molecule has 0 aliphatic rings. The fourth-order valence-electron chi connectivity index (χ4n) is 1.71. The first kappa shape index (κ1) is 13.7. The molecule has 0 spiro atoms. The van der Waals surface area contributed by atoms with Crippen molar-refractivity contribution in [1.29, 1.82) is 0 Å². The van der Waals surface area contributed by atoms with Gasteiger partial charge in [-0.25, -0.2) is 0 Å². The van der Waals surface area contributed by atoms with Gasteiger partial charge in [-0.1, -0.05) is 30.3 Å². The van der Waals surface area contributed by atoms with Crippen LogP contribution in [0.5, 0.6) is 0 Å². The SMILES string of the molecule is COC(=O)C(C)(C)[C@@H](O)CCc1ccccc1. The van der Waals surface area contributed by atoms with E-state index in [1.807, 2.05) is 30.3 Å². The summed E-state index contributed by atoms with van der Waals surface area (Å²) in [6, 6.07) is 9.91. The van der Waals surface area contributed by atoms with E-state index in [1.165, 1.54) is 7.11 Å². The molecule has 1 atom stereocenters. The van der Waals surface area contributed by atoms with Gasteiger partial charge in [0.25, 0.3) is 0 Å². The average Bonchev–Trinajstić information content (AvgIpc) is 2.35. The van der Waals surface area contributed by atoms with Crippen LogP contribution in [-0.2, 0) is 16.0 Å². The Morgan fingerprint density at radius 2 is 1.94 bits per heavy atom. The second-order valence-electron chi connectivity index (χ2n) is 4.75. The number of ether oxygens (including phenoxy) is 1. The van der Waals surface area contributed by atoms with Gasteiger partial charge in [0, 0.05) is 0 Å². The van der Waals surface area contributed by atoms with Crippen LogP contribution in [0, 0.1) is 5.41 Å². The van der Waals surface area contributed by atoms with Crippen LogP contribution in [0.15, 0.2) is 30.3 Å². The molecule has 0 fully saturated rings. The summed E-state index contributed by atoms with van der Waals surface area (Å²) >= 11 is 0. The zero-order valence-corrected chi connectivity index (χ0v) is 10.6. The van der Waals surface area contributed by atoms with Crippen LogP contribution in [-0.4, -0.2) is 24.3 Å². The molecule has 0 unspecified atom stereocenters. The molecular weight excluding hydrogens is 216 g/mol. The molecular formula is C14H20O3. The highest BCUT2D eigenvalue weighted by Gasteiger charge is 2.36. The van der Waals surface area contributed by atoms with Crippen molar-refractivity contribution in [3.63, 3.8) is 0 Å². The van der Waals surface area contributed by atoms with Gasteiger partial charge in [-0.3, -0.25) is 4.79 Å². The number of rotatable bonds is 5. The van der Waals surface area contributed by atoms with Crippen molar-refractivity contribution in [1.82, 2.24) is 0 Å². The molecule has 1 aromatic rings. The third kappa shape index (κ3) is 3.56. The van der Waals surface area contributed by atoms with Crippen molar-refractivity contribution in [2.75, 3.05) is 7.11 Å². The lowest BCUT2D eigenvalue weighted by Gasteiger charge is -2.27. The quantitative estimate of drug-likeness (QED) is 0.797. The zero-order chi connectivity index (χ0) is 12.9. The summed E-state index contributed by atoms with van der Waals surface area (Å²) in [6.45, 7) is 3.41. The van der Waals surface area contributed by atoms with Crippen LogP contribution in [0.2, 0.25) is 0 Å². The number of esters is 1.